The standard InChI is InChI=1S/C25H26N2O3S/c1-19-10-12-21(13-11-19)18-27(23-14-15-23)25(28)22-8-5-9-24(16-22)31(29,30)26-17-20-6-3-2-4-7-20/h2-13,16,23,26H,14-15,17-18H2,1H3. The molecule has 160 valence electrons. The average molecular weight is 435 g/mol. The summed E-state index contributed by atoms with van der Waals surface area (Å²) in [4.78, 5) is 15.2. The van der Waals surface area contributed by atoms with Crippen molar-refractivity contribution in [3.63, 3.8) is 0 Å². The van der Waals surface area contributed by atoms with Crippen molar-refractivity contribution < 1.29 is 13.2 Å². The monoisotopic (exact) mass is 434 g/mol. The van der Waals surface area contributed by atoms with Gasteiger partial charge in [-0.2, -0.15) is 0 Å². The van der Waals surface area contributed by atoms with E-state index in [1.54, 1.807) is 12.1 Å². The van der Waals surface area contributed by atoms with Gasteiger partial charge in [-0.25, -0.2) is 13.1 Å². The van der Waals surface area contributed by atoms with Gasteiger partial charge in [-0.15, -0.1) is 0 Å². The fourth-order valence-electron chi connectivity index (χ4n) is 3.46. The molecule has 0 aromatic heterocycles. The fourth-order valence-corrected chi connectivity index (χ4v) is 4.53. The number of carbonyl (C=O) groups excluding carboxylic acids is 1. The molecular weight excluding hydrogens is 408 g/mol. The molecule has 3 aromatic rings. The number of aryl methyl sites for hydroxylation is 1. The Kier molecular flexibility index (Phi) is 6.20. The first-order chi connectivity index (χ1) is 14.9. The molecule has 4 rings (SSSR count). The Labute approximate surface area is 183 Å². The minimum atomic E-state index is -3.73. The Hall–Kier alpha value is -2.96. The summed E-state index contributed by atoms with van der Waals surface area (Å²) in [6.45, 7) is 2.75. The lowest BCUT2D eigenvalue weighted by molar-refractivity contribution is 0.0729. The number of rotatable bonds is 8. The molecule has 1 N–H and O–H groups in total. The van der Waals surface area contributed by atoms with E-state index in [0.717, 1.165) is 24.0 Å². The largest absolute Gasteiger partial charge is 0.331 e. The maximum atomic E-state index is 13.3. The minimum absolute atomic E-state index is 0.0976. The van der Waals surface area contributed by atoms with E-state index >= 15 is 0 Å². The van der Waals surface area contributed by atoms with Crippen molar-refractivity contribution in [3.8, 4) is 0 Å². The summed E-state index contributed by atoms with van der Waals surface area (Å²) in [5.41, 5.74) is 3.51. The first-order valence-corrected chi connectivity index (χ1v) is 11.9. The van der Waals surface area contributed by atoms with Gasteiger partial charge in [-0.1, -0.05) is 66.2 Å². The zero-order chi connectivity index (χ0) is 21.8. The Morgan fingerprint density at radius 2 is 1.65 bits per heavy atom. The van der Waals surface area contributed by atoms with Crippen LogP contribution in [0.15, 0.2) is 83.8 Å². The molecule has 0 saturated heterocycles. The van der Waals surface area contributed by atoms with E-state index in [1.807, 2.05) is 66.4 Å². The SMILES string of the molecule is Cc1ccc(CN(C(=O)c2cccc(S(=O)(=O)NCc3ccccc3)c2)C2CC2)cc1. The van der Waals surface area contributed by atoms with Gasteiger partial charge in [0.15, 0.2) is 0 Å². The molecule has 0 aliphatic heterocycles. The van der Waals surface area contributed by atoms with E-state index in [9.17, 15) is 13.2 Å². The van der Waals surface area contributed by atoms with Crippen molar-refractivity contribution in [2.75, 3.05) is 0 Å². The molecule has 1 amide bonds. The molecule has 1 aliphatic carbocycles. The van der Waals surface area contributed by atoms with Crippen LogP contribution in [-0.2, 0) is 23.1 Å². The van der Waals surface area contributed by atoms with Gasteiger partial charge in [0, 0.05) is 24.7 Å². The molecule has 6 heteroatoms. The molecule has 1 saturated carbocycles. The molecule has 0 bridgehead atoms. The number of benzene rings is 3. The summed E-state index contributed by atoms with van der Waals surface area (Å²) in [5.74, 6) is -0.136. The zero-order valence-corrected chi connectivity index (χ0v) is 18.3. The molecule has 3 aromatic carbocycles. The highest BCUT2D eigenvalue weighted by atomic mass is 32.2. The van der Waals surface area contributed by atoms with Crippen molar-refractivity contribution in [2.24, 2.45) is 0 Å². The third-order valence-electron chi connectivity index (χ3n) is 5.42. The second kappa shape index (κ2) is 9.04. The molecule has 0 unspecified atom stereocenters. The van der Waals surface area contributed by atoms with Crippen LogP contribution in [0.4, 0.5) is 0 Å². The first kappa shape index (κ1) is 21.3. The second-order valence-electron chi connectivity index (χ2n) is 7.99. The van der Waals surface area contributed by atoms with Gasteiger partial charge in [-0.3, -0.25) is 4.79 Å². The van der Waals surface area contributed by atoms with Crippen molar-refractivity contribution in [1.29, 1.82) is 0 Å². The number of hydrogen-bond acceptors (Lipinski definition) is 3. The molecule has 5 nitrogen and oxygen atoms in total. The van der Waals surface area contributed by atoms with Crippen LogP contribution in [0.3, 0.4) is 0 Å². The van der Waals surface area contributed by atoms with Crippen LogP contribution >= 0.6 is 0 Å². The van der Waals surface area contributed by atoms with E-state index < -0.39 is 10.0 Å². The normalized spacial score (nSPS) is 13.7. The topological polar surface area (TPSA) is 66.5 Å². The molecule has 1 aliphatic rings. The minimum Gasteiger partial charge on any atom is -0.331 e. The summed E-state index contributed by atoms with van der Waals surface area (Å²) in [6.07, 6.45) is 1.96. The Bertz CT molecular complexity index is 1150. The molecule has 1 fully saturated rings. The van der Waals surface area contributed by atoms with Gasteiger partial charge in [0.05, 0.1) is 4.90 Å². The van der Waals surface area contributed by atoms with Crippen molar-refractivity contribution in [1.82, 2.24) is 9.62 Å². The number of nitrogens with one attached hydrogen (secondary N) is 1. The van der Waals surface area contributed by atoms with Crippen molar-refractivity contribution in [3.05, 3.63) is 101 Å². The Morgan fingerprint density at radius 1 is 0.935 bits per heavy atom. The number of carbonyl (C=O) groups is 1. The second-order valence-corrected chi connectivity index (χ2v) is 9.75. The quantitative estimate of drug-likeness (QED) is 0.576. The van der Waals surface area contributed by atoms with Crippen LogP contribution in [-0.4, -0.2) is 25.3 Å². The van der Waals surface area contributed by atoms with E-state index in [2.05, 4.69) is 4.72 Å². The number of sulfonamides is 1. The van der Waals surface area contributed by atoms with E-state index in [0.29, 0.717) is 12.1 Å². The van der Waals surface area contributed by atoms with Gasteiger partial charge < -0.3 is 4.90 Å². The van der Waals surface area contributed by atoms with Gasteiger partial charge in [0.2, 0.25) is 10.0 Å². The zero-order valence-electron chi connectivity index (χ0n) is 17.5. The molecule has 0 spiro atoms. The fraction of sp³-hybridized carbons (Fsp3) is 0.240. The maximum Gasteiger partial charge on any atom is 0.254 e. The highest BCUT2D eigenvalue weighted by Crippen LogP contribution is 2.30. The van der Waals surface area contributed by atoms with E-state index in [4.69, 9.17) is 0 Å². The first-order valence-electron chi connectivity index (χ1n) is 10.4. The molecule has 0 radical (unpaired) electrons. The number of nitrogens with zero attached hydrogens (tertiary/aromatic N) is 1. The van der Waals surface area contributed by atoms with E-state index in [-0.39, 0.29) is 23.4 Å². The van der Waals surface area contributed by atoms with Gasteiger partial charge >= 0.3 is 0 Å². The van der Waals surface area contributed by atoms with Crippen LogP contribution in [0.2, 0.25) is 0 Å². The van der Waals surface area contributed by atoms with Crippen molar-refractivity contribution >= 4 is 15.9 Å². The predicted octanol–water partition coefficient (Wildman–Crippen LogP) is 4.28. The van der Waals surface area contributed by atoms with Crippen molar-refractivity contribution in [2.45, 2.75) is 43.8 Å². The molecule has 0 atom stereocenters. The average Bonchev–Trinajstić information content (AvgIpc) is 3.63. The number of amides is 1. The van der Waals surface area contributed by atoms with Crippen LogP contribution in [0.25, 0.3) is 0 Å². The van der Waals surface area contributed by atoms with Gasteiger partial charge in [-0.05, 0) is 49.1 Å². The predicted molar refractivity (Wildman–Crippen MR) is 121 cm³/mol. The van der Waals surface area contributed by atoms with Crippen LogP contribution in [0.1, 0.15) is 39.9 Å². The molecule has 0 heterocycles. The lowest BCUT2D eigenvalue weighted by Crippen LogP contribution is -2.33. The highest BCUT2D eigenvalue weighted by Gasteiger charge is 2.33. The third-order valence-corrected chi connectivity index (χ3v) is 6.82. The van der Waals surface area contributed by atoms with Crippen LogP contribution in [0.5, 0.6) is 0 Å². The highest BCUT2D eigenvalue weighted by molar-refractivity contribution is 7.89. The molecular formula is C25H26N2O3S. The summed E-state index contributed by atoms with van der Waals surface area (Å²) < 4.78 is 28.2. The van der Waals surface area contributed by atoms with Crippen LogP contribution in [0, 0.1) is 6.92 Å². The summed E-state index contributed by atoms with van der Waals surface area (Å²) in [7, 11) is -3.73. The van der Waals surface area contributed by atoms with Crippen LogP contribution < -0.4 is 4.72 Å². The number of hydrogen-bond donors (Lipinski definition) is 1. The lowest BCUT2D eigenvalue weighted by atomic mass is 10.1. The molecule has 31 heavy (non-hydrogen) atoms. The maximum absolute atomic E-state index is 13.3. The smallest absolute Gasteiger partial charge is 0.254 e. The van der Waals surface area contributed by atoms with E-state index in [1.165, 1.54) is 17.7 Å². The lowest BCUT2D eigenvalue weighted by Gasteiger charge is -2.23. The Morgan fingerprint density at radius 3 is 2.32 bits per heavy atom. The third kappa shape index (κ3) is 5.40. The Balaban J connectivity index is 1.51. The summed E-state index contributed by atoms with van der Waals surface area (Å²) in [5, 5.41) is 0. The van der Waals surface area contributed by atoms with Gasteiger partial charge in [0.25, 0.3) is 5.91 Å². The summed E-state index contributed by atoms with van der Waals surface area (Å²) >= 11 is 0. The summed E-state index contributed by atoms with van der Waals surface area (Å²) in [6, 6.07) is 24.0. The van der Waals surface area contributed by atoms with Gasteiger partial charge in [0.1, 0.15) is 0 Å².